The van der Waals surface area contributed by atoms with Gasteiger partial charge in [0.2, 0.25) is 0 Å². The van der Waals surface area contributed by atoms with E-state index in [1.807, 2.05) is 11.3 Å². The van der Waals surface area contributed by atoms with Crippen molar-refractivity contribution in [1.82, 2.24) is 4.90 Å². The second-order valence-corrected chi connectivity index (χ2v) is 6.79. The molecule has 1 atom stereocenters. The summed E-state index contributed by atoms with van der Waals surface area (Å²) in [7, 11) is 0. The van der Waals surface area contributed by atoms with Crippen LogP contribution in [0.15, 0.2) is 22.5 Å². The van der Waals surface area contributed by atoms with Crippen molar-refractivity contribution in [2.45, 2.75) is 33.1 Å². The van der Waals surface area contributed by atoms with Crippen LogP contribution in [0.1, 0.15) is 31.6 Å². The molecule has 1 fully saturated rings. The van der Waals surface area contributed by atoms with Gasteiger partial charge in [-0.25, -0.2) is 0 Å². The zero-order valence-electron chi connectivity index (χ0n) is 12.4. The van der Waals surface area contributed by atoms with Crippen molar-refractivity contribution in [3.63, 3.8) is 0 Å². The van der Waals surface area contributed by atoms with Gasteiger partial charge in [-0.05, 0) is 42.5 Å². The first-order valence-electron chi connectivity index (χ1n) is 7.22. The molecule has 0 aromatic carbocycles. The molecule has 0 spiro atoms. The number of piperidine rings is 1. The highest BCUT2D eigenvalue weighted by molar-refractivity contribution is 14.0. The molecular formula is C15H26IN3S. The number of likely N-dealkylation sites (tertiary alicyclic amines) is 1. The predicted octanol–water partition coefficient (Wildman–Crippen LogP) is 3.59. The van der Waals surface area contributed by atoms with E-state index < -0.39 is 0 Å². The standard InChI is InChI=1S/C15H25N3S.HI/c1-12-5-7-18(8-6-12)15(16)17-11-13(2)10-14-4-3-9-19-14;/h3-4,9,12-13H,5-8,10-11H2,1-2H3,(H2,16,17);1H. The second kappa shape index (κ2) is 8.87. The normalized spacial score (nSPS) is 18.7. The molecule has 20 heavy (non-hydrogen) atoms. The van der Waals surface area contributed by atoms with Gasteiger partial charge >= 0.3 is 0 Å². The Bertz CT molecular complexity index is 397. The average molecular weight is 407 g/mol. The van der Waals surface area contributed by atoms with Crippen molar-refractivity contribution in [2.75, 3.05) is 19.6 Å². The van der Waals surface area contributed by atoms with Gasteiger partial charge in [-0.2, -0.15) is 0 Å². The third-order valence-corrected chi connectivity index (χ3v) is 4.70. The number of rotatable bonds is 4. The molecule has 1 saturated heterocycles. The first-order valence-corrected chi connectivity index (χ1v) is 8.10. The summed E-state index contributed by atoms with van der Waals surface area (Å²) in [5, 5.41) is 2.13. The van der Waals surface area contributed by atoms with Crippen LogP contribution in [0.5, 0.6) is 0 Å². The molecule has 0 bridgehead atoms. The number of hydrogen-bond acceptors (Lipinski definition) is 2. The van der Waals surface area contributed by atoms with E-state index in [1.165, 1.54) is 17.7 Å². The van der Waals surface area contributed by atoms with Crippen molar-refractivity contribution in [3.8, 4) is 0 Å². The summed E-state index contributed by atoms with van der Waals surface area (Å²) >= 11 is 1.82. The van der Waals surface area contributed by atoms with Crippen LogP contribution in [0.4, 0.5) is 0 Å². The molecule has 1 aromatic heterocycles. The maximum Gasteiger partial charge on any atom is 0.191 e. The number of guanidine groups is 1. The van der Waals surface area contributed by atoms with Gasteiger partial charge in [0.25, 0.3) is 0 Å². The number of hydrogen-bond donors (Lipinski definition) is 1. The van der Waals surface area contributed by atoms with Crippen molar-refractivity contribution in [2.24, 2.45) is 22.6 Å². The number of halogens is 1. The van der Waals surface area contributed by atoms with E-state index >= 15 is 0 Å². The smallest absolute Gasteiger partial charge is 0.191 e. The maximum atomic E-state index is 6.09. The highest BCUT2D eigenvalue weighted by Gasteiger charge is 2.17. The molecule has 5 heteroatoms. The molecule has 2 N–H and O–H groups in total. The molecule has 3 nitrogen and oxygen atoms in total. The topological polar surface area (TPSA) is 41.6 Å². The SMILES string of the molecule is CC1CCN(C(N)=NCC(C)Cc2cccs2)CC1.I. The summed E-state index contributed by atoms with van der Waals surface area (Å²) in [6.45, 7) is 7.52. The zero-order chi connectivity index (χ0) is 13.7. The molecule has 114 valence electrons. The summed E-state index contributed by atoms with van der Waals surface area (Å²) in [6, 6.07) is 4.31. The Morgan fingerprint density at radius 3 is 2.80 bits per heavy atom. The van der Waals surface area contributed by atoms with E-state index in [2.05, 4.69) is 41.3 Å². The first-order chi connectivity index (χ1) is 9.15. The minimum Gasteiger partial charge on any atom is -0.370 e. The van der Waals surface area contributed by atoms with Crippen LogP contribution in [0, 0.1) is 11.8 Å². The van der Waals surface area contributed by atoms with Gasteiger partial charge in [-0.15, -0.1) is 35.3 Å². The van der Waals surface area contributed by atoms with Gasteiger partial charge < -0.3 is 10.6 Å². The molecular weight excluding hydrogens is 381 g/mol. The largest absolute Gasteiger partial charge is 0.370 e. The quantitative estimate of drug-likeness (QED) is 0.471. The Balaban J connectivity index is 0.00000200. The summed E-state index contributed by atoms with van der Waals surface area (Å²) in [6.07, 6.45) is 3.58. The Labute approximate surface area is 143 Å². The van der Waals surface area contributed by atoms with Crippen molar-refractivity contribution in [1.29, 1.82) is 0 Å². The molecule has 1 unspecified atom stereocenters. The Morgan fingerprint density at radius 1 is 1.50 bits per heavy atom. The number of nitrogens with zero attached hydrogens (tertiary/aromatic N) is 2. The molecule has 1 aliphatic heterocycles. The van der Waals surface area contributed by atoms with Crippen LogP contribution in [-0.4, -0.2) is 30.5 Å². The monoisotopic (exact) mass is 407 g/mol. The van der Waals surface area contributed by atoms with Crippen LogP contribution < -0.4 is 5.73 Å². The van der Waals surface area contributed by atoms with Gasteiger partial charge in [0.15, 0.2) is 5.96 Å². The third kappa shape index (κ3) is 5.60. The lowest BCUT2D eigenvalue weighted by Crippen LogP contribution is -2.42. The Morgan fingerprint density at radius 2 is 2.20 bits per heavy atom. The molecule has 2 heterocycles. The van der Waals surface area contributed by atoms with Gasteiger partial charge in [0, 0.05) is 24.5 Å². The van der Waals surface area contributed by atoms with Crippen molar-refractivity contribution < 1.29 is 0 Å². The summed E-state index contributed by atoms with van der Waals surface area (Å²) in [4.78, 5) is 8.25. The third-order valence-electron chi connectivity index (χ3n) is 3.80. The van der Waals surface area contributed by atoms with Crippen LogP contribution in [0.2, 0.25) is 0 Å². The van der Waals surface area contributed by atoms with E-state index in [1.54, 1.807) is 0 Å². The molecule has 0 saturated carbocycles. The number of nitrogens with two attached hydrogens (primary N) is 1. The average Bonchev–Trinajstić information content (AvgIpc) is 2.89. The second-order valence-electron chi connectivity index (χ2n) is 5.76. The summed E-state index contributed by atoms with van der Waals surface area (Å²) < 4.78 is 0. The predicted molar refractivity (Wildman–Crippen MR) is 99.1 cm³/mol. The fourth-order valence-electron chi connectivity index (χ4n) is 2.42. The maximum absolute atomic E-state index is 6.09. The number of aliphatic imine (C=N–C) groups is 1. The van der Waals surface area contributed by atoms with E-state index in [-0.39, 0.29) is 24.0 Å². The molecule has 1 aliphatic rings. The van der Waals surface area contributed by atoms with Crippen LogP contribution in [0.3, 0.4) is 0 Å². The number of thiophene rings is 1. The molecule has 0 amide bonds. The van der Waals surface area contributed by atoms with Crippen LogP contribution >= 0.6 is 35.3 Å². The lowest BCUT2D eigenvalue weighted by atomic mass is 10.00. The highest BCUT2D eigenvalue weighted by Crippen LogP contribution is 2.16. The highest BCUT2D eigenvalue weighted by atomic mass is 127. The molecule has 2 rings (SSSR count). The van der Waals surface area contributed by atoms with Gasteiger partial charge in [-0.1, -0.05) is 19.9 Å². The Kier molecular flexibility index (Phi) is 7.87. The lowest BCUT2D eigenvalue weighted by molar-refractivity contribution is 0.277. The van der Waals surface area contributed by atoms with E-state index in [4.69, 9.17) is 5.73 Å². The lowest BCUT2D eigenvalue weighted by Gasteiger charge is -2.31. The minimum atomic E-state index is 0. The minimum absolute atomic E-state index is 0. The molecule has 1 aromatic rings. The fraction of sp³-hybridized carbons (Fsp3) is 0.667. The van der Waals surface area contributed by atoms with Crippen LogP contribution in [0.25, 0.3) is 0 Å². The van der Waals surface area contributed by atoms with Crippen molar-refractivity contribution in [3.05, 3.63) is 22.4 Å². The molecule has 0 aliphatic carbocycles. The van der Waals surface area contributed by atoms with Gasteiger partial charge in [0.05, 0.1) is 0 Å². The van der Waals surface area contributed by atoms with E-state index in [9.17, 15) is 0 Å². The van der Waals surface area contributed by atoms with E-state index in [0.29, 0.717) is 5.92 Å². The van der Waals surface area contributed by atoms with Gasteiger partial charge in [0.1, 0.15) is 0 Å². The zero-order valence-corrected chi connectivity index (χ0v) is 15.6. The summed E-state index contributed by atoms with van der Waals surface area (Å²) in [5.74, 6) is 2.13. The molecule has 0 radical (unpaired) electrons. The van der Waals surface area contributed by atoms with E-state index in [0.717, 1.165) is 37.9 Å². The summed E-state index contributed by atoms with van der Waals surface area (Å²) in [5.41, 5.74) is 6.09. The fourth-order valence-corrected chi connectivity index (χ4v) is 3.29. The first kappa shape index (κ1) is 17.8. The van der Waals surface area contributed by atoms with Gasteiger partial charge in [-0.3, -0.25) is 4.99 Å². The van der Waals surface area contributed by atoms with Crippen molar-refractivity contribution >= 4 is 41.3 Å². The Hall–Kier alpha value is -0.300. The van der Waals surface area contributed by atoms with Crippen LogP contribution in [-0.2, 0) is 6.42 Å².